The van der Waals surface area contributed by atoms with Gasteiger partial charge in [0.2, 0.25) is 0 Å². The van der Waals surface area contributed by atoms with E-state index in [0.29, 0.717) is 58.5 Å². The molecule has 11 nitrogen and oxygen atoms in total. The third kappa shape index (κ3) is 21.6. The molecule has 10 aliphatic carbocycles. The highest BCUT2D eigenvalue weighted by Crippen LogP contribution is 2.53. The topological polar surface area (TPSA) is 86.1 Å². The summed E-state index contributed by atoms with van der Waals surface area (Å²) in [5.41, 5.74) is 8.50. The van der Waals surface area contributed by atoms with Crippen molar-refractivity contribution in [2.24, 2.45) is 59.2 Å². The van der Waals surface area contributed by atoms with E-state index >= 15 is 4.39 Å². The molecule has 5 aliphatic heterocycles. The van der Waals surface area contributed by atoms with Gasteiger partial charge in [0.05, 0.1) is 45.7 Å². The molecule has 0 radical (unpaired) electrons. The number of rotatable bonds is 16. The minimum absolute atomic E-state index is 0.0752. The summed E-state index contributed by atoms with van der Waals surface area (Å²) in [5, 5.41) is 10.4. The first-order valence-electron chi connectivity index (χ1n) is 50.7. The van der Waals surface area contributed by atoms with Gasteiger partial charge in [-0.25, -0.2) is 8.78 Å². The quantitative estimate of drug-likeness (QED) is 0.0929. The monoisotopic (exact) mass is 1760 g/mol. The predicted octanol–water partition coefficient (Wildman–Crippen LogP) is 26.6. The second-order valence-electron chi connectivity index (χ2n) is 42.3. The zero-order valence-electron chi connectivity index (χ0n) is 77.6. The van der Waals surface area contributed by atoms with Crippen molar-refractivity contribution in [3.8, 4) is 40.2 Å². The van der Waals surface area contributed by atoms with Crippen LogP contribution in [0.25, 0.3) is 11.1 Å². The van der Waals surface area contributed by atoms with Crippen LogP contribution < -0.4 is 18.9 Å². The van der Waals surface area contributed by atoms with Crippen LogP contribution in [0.5, 0.6) is 23.0 Å². The summed E-state index contributed by atoms with van der Waals surface area (Å²) in [6.07, 6.45) is 51.1. The van der Waals surface area contributed by atoms with Crippen molar-refractivity contribution in [1.29, 1.82) is 5.26 Å². The lowest BCUT2D eigenvalue weighted by molar-refractivity contribution is -0.0747. The molecule has 15 heteroatoms. The van der Waals surface area contributed by atoms with Gasteiger partial charge in [0.1, 0.15) is 34.5 Å². The fourth-order valence-electron chi connectivity index (χ4n) is 28.8. The van der Waals surface area contributed by atoms with Gasteiger partial charge in [-0.05, 0) is 402 Å². The van der Waals surface area contributed by atoms with E-state index in [4.69, 9.17) is 52.1 Å². The Morgan fingerprint density at radius 3 is 1.33 bits per heavy atom. The maximum absolute atomic E-state index is 15.8. The number of benzene rings is 6. The van der Waals surface area contributed by atoms with Crippen LogP contribution >= 0.6 is 23.2 Å². The van der Waals surface area contributed by atoms with Gasteiger partial charge >= 0.3 is 0 Å². The zero-order chi connectivity index (χ0) is 86.8. The van der Waals surface area contributed by atoms with Gasteiger partial charge in [0.15, 0.2) is 0 Å². The van der Waals surface area contributed by atoms with E-state index < -0.39 is 5.67 Å². The zero-order valence-corrected chi connectivity index (χ0v) is 79.1. The number of likely N-dealkylation sites (tertiary alicyclic amines) is 5. The van der Waals surface area contributed by atoms with Crippen molar-refractivity contribution in [1.82, 2.24) is 24.5 Å². The number of hydrogen-bond acceptors (Lipinski definition) is 11. The molecular weight excluding hydrogens is 1610 g/mol. The van der Waals surface area contributed by atoms with Gasteiger partial charge in [0.25, 0.3) is 0 Å². The number of ether oxygens (including phenoxy) is 5. The number of aryl methyl sites for hydroxylation is 1. The Kier molecular flexibility index (Phi) is 31.3. The largest absolute Gasteiger partial charge is 0.496 e. The Labute approximate surface area is 767 Å². The first kappa shape index (κ1) is 92.1. The minimum Gasteiger partial charge on any atom is -0.496 e. The summed E-state index contributed by atoms with van der Waals surface area (Å²) in [6.45, 7) is 13.5. The number of nitrogens with zero attached hydrogens (tertiary/aromatic N) is 6. The molecule has 6 aromatic rings. The van der Waals surface area contributed by atoms with E-state index in [1.165, 1.54) is 285 Å². The molecule has 15 atom stereocenters. The van der Waals surface area contributed by atoms with Gasteiger partial charge in [-0.2, -0.15) is 5.26 Å². The van der Waals surface area contributed by atoms with Crippen LogP contribution in [0.15, 0.2) is 121 Å². The van der Waals surface area contributed by atoms with E-state index in [2.05, 4.69) is 80.0 Å². The van der Waals surface area contributed by atoms with Crippen LogP contribution in [0, 0.1) is 83.3 Å². The Morgan fingerprint density at radius 1 is 0.357 bits per heavy atom. The molecule has 126 heavy (non-hydrogen) atoms. The molecule has 0 amide bonds. The molecule has 6 aromatic carbocycles. The molecule has 10 saturated carbocycles. The highest BCUT2D eigenvalue weighted by Gasteiger charge is 2.48. The summed E-state index contributed by atoms with van der Waals surface area (Å²) in [6, 6.07) is 45.9. The Balaban J connectivity index is 0.000000112. The Hall–Kier alpha value is -5.79. The van der Waals surface area contributed by atoms with Crippen LogP contribution in [-0.2, 0) is 16.0 Å². The SMILES string of the molecule is COc1ccc(-c2ccc(C#N)cc2)cc1C1CCN(C2CCC3CCC(C3)C2)CC1.COc1ccc(Cl)cc1C1(F)CCN(C2CCCC3CCC2C3)CC1.COc1ccc(Cl)cc1C1(OC)CCN(C2CCCC3CCC2C3)CC1.COc1ccccc1C1CCN(C2CC3CCC2C3)CC1.Cc1ccc(F)cc1C1CCN([C@H]2CCC[C@H]3CC[C@H]2C3)CC1. The normalized spacial score (nSPS) is 31.1. The van der Waals surface area contributed by atoms with Gasteiger partial charge in [0, 0.05) is 84.7 Å². The maximum atomic E-state index is 15.8. The van der Waals surface area contributed by atoms with Crippen molar-refractivity contribution in [2.45, 2.75) is 310 Å². The van der Waals surface area contributed by atoms with Crippen molar-refractivity contribution in [3.63, 3.8) is 0 Å². The Morgan fingerprint density at radius 2 is 0.786 bits per heavy atom. The fraction of sp³-hybridized carbons (Fsp3) is 0.667. The molecule has 21 rings (SSSR count). The van der Waals surface area contributed by atoms with Crippen LogP contribution in [0.1, 0.15) is 301 Å². The molecule has 15 aliphatic rings. The number of hydrogen-bond donors (Lipinski definition) is 0. The smallest absolute Gasteiger partial charge is 0.142 e. The lowest BCUT2D eigenvalue weighted by Gasteiger charge is -2.45. The summed E-state index contributed by atoms with van der Waals surface area (Å²) in [5.74, 6) is 15.2. The number of fused-ring (bicyclic) bond motifs is 10. The van der Waals surface area contributed by atoms with Crippen molar-refractivity contribution >= 4 is 23.2 Å². The molecule has 684 valence electrons. The summed E-state index contributed by atoms with van der Waals surface area (Å²) < 4.78 is 57.8. The standard InChI is InChI=1S/C28H34N2O.C22H32ClNO2.C21H29ClFNO.C21H30FN.C19H27NO/c1-31-28-11-9-25(23-7-4-21(19-29)5-8-23)18-27(28)24-12-14-30(15-13-24)26-10-6-20-2-3-22(16-20)17-26;1-25-21-9-8-18(23)15-19(21)22(26-2)10-12-24(13-11-22)20-5-3-4-16-6-7-17(20)14-16;1-25-20-8-7-17(22)14-18(20)21(23)9-11-24(12-10-21)19-4-2-3-15-5-6-16(19)13-15;1-15-5-8-19(22)14-20(15)17-9-11-23(12-10-17)21-4-2-3-16-6-7-18(21)13-16;1-21-19-5-3-2-4-17(19)15-8-10-20(11-9-15)18-13-14-6-7-16(18)12-14/h4-5,7-9,11,18,20,22,24,26H,2-3,6,10,12-17H2,1H3;8-9,15-17,20H,3-7,10-14H2,1-2H3;7-8,14-16,19H,2-6,9-13H2,1H3;5,8,14,16-18,21H,2-4,6-7,9-13H2,1H3;2-5,14-16,18H,6-13H2,1H3/t;;;16-,18-,21-;/m...0./s1. The lowest BCUT2D eigenvalue weighted by atomic mass is 9.81. The molecule has 5 saturated heterocycles. The third-order valence-corrected chi connectivity index (χ3v) is 36.2. The van der Waals surface area contributed by atoms with Crippen LogP contribution in [0.4, 0.5) is 8.78 Å². The fourth-order valence-corrected chi connectivity index (χ4v) is 29.1. The van der Waals surface area contributed by atoms with Crippen molar-refractivity contribution in [3.05, 3.63) is 176 Å². The molecule has 12 unspecified atom stereocenters. The maximum Gasteiger partial charge on any atom is 0.142 e. The van der Waals surface area contributed by atoms with E-state index in [-0.39, 0.29) is 11.4 Å². The van der Waals surface area contributed by atoms with Gasteiger partial charge < -0.3 is 38.4 Å². The molecular formula is C111H152Cl2F2N6O5. The molecule has 10 bridgehead atoms. The van der Waals surface area contributed by atoms with E-state index in [0.717, 1.165) is 156 Å². The number of piperidine rings is 5. The van der Waals surface area contributed by atoms with E-state index in [1.54, 1.807) is 58.8 Å². The summed E-state index contributed by atoms with van der Waals surface area (Å²) >= 11 is 12.4. The molecule has 0 spiro atoms. The van der Waals surface area contributed by atoms with Crippen LogP contribution in [0.2, 0.25) is 10.0 Å². The molecule has 5 heterocycles. The van der Waals surface area contributed by atoms with E-state index in [9.17, 15) is 4.39 Å². The first-order valence-corrected chi connectivity index (χ1v) is 51.5. The Bertz CT molecular complexity index is 4520. The average molecular weight is 1760 g/mol. The van der Waals surface area contributed by atoms with Gasteiger partial charge in [-0.15, -0.1) is 0 Å². The number of para-hydroxylation sites is 1. The average Bonchev–Trinajstić information content (AvgIpc) is 1.61. The number of alkyl halides is 1. The first-order chi connectivity index (χ1) is 61.5. The third-order valence-electron chi connectivity index (χ3n) is 35.7. The van der Waals surface area contributed by atoms with Crippen LogP contribution in [-0.4, -0.2) is 156 Å². The molecule has 0 aromatic heterocycles. The van der Waals surface area contributed by atoms with E-state index in [1.807, 2.05) is 55.6 Å². The van der Waals surface area contributed by atoms with Crippen molar-refractivity contribution < 1.29 is 32.5 Å². The highest BCUT2D eigenvalue weighted by atomic mass is 35.5. The highest BCUT2D eigenvalue weighted by molar-refractivity contribution is 6.31. The van der Waals surface area contributed by atoms with Gasteiger partial charge in [-0.3, -0.25) is 9.80 Å². The lowest BCUT2D eigenvalue weighted by Crippen LogP contribution is -2.49. The molecule has 15 fully saturated rings. The summed E-state index contributed by atoms with van der Waals surface area (Å²) in [4.78, 5) is 13.8. The van der Waals surface area contributed by atoms with Crippen molar-refractivity contribution in [2.75, 3.05) is 101 Å². The second kappa shape index (κ2) is 42.8. The molecule has 0 N–H and O–H groups in total. The second-order valence-corrected chi connectivity index (χ2v) is 43.2. The van der Waals surface area contributed by atoms with Gasteiger partial charge in [-0.1, -0.05) is 143 Å². The van der Waals surface area contributed by atoms with Crippen LogP contribution in [0.3, 0.4) is 0 Å². The number of halogens is 4. The predicted molar refractivity (Wildman–Crippen MR) is 510 cm³/mol. The number of methoxy groups -OCH3 is 5. The minimum atomic E-state index is -1.32. The summed E-state index contributed by atoms with van der Waals surface area (Å²) in [7, 11) is 8.75. The number of nitriles is 1.